The van der Waals surface area contributed by atoms with Crippen molar-refractivity contribution in [3.8, 4) is 0 Å². The zero-order valence-electron chi connectivity index (χ0n) is 13.5. The second kappa shape index (κ2) is 6.46. The SMILES string of the molecule is CC(C)(C)C1CCC(C2CCC(C(=O)NN)CC2)CC1. The minimum absolute atomic E-state index is 0.0416. The van der Waals surface area contributed by atoms with Crippen molar-refractivity contribution in [2.24, 2.45) is 34.9 Å². The average Bonchev–Trinajstić information content (AvgIpc) is 2.46. The third kappa shape index (κ3) is 3.75. The number of nitrogens with two attached hydrogens (primary N) is 1. The lowest BCUT2D eigenvalue weighted by Gasteiger charge is -2.41. The molecule has 0 radical (unpaired) electrons. The first-order chi connectivity index (χ1) is 9.41. The summed E-state index contributed by atoms with van der Waals surface area (Å²) in [4.78, 5) is 11.6. The second-order valence-electron chi connectivity index (χ2n) is 8.10. The van der Waals surface area contributed by atoms with Crippen LogP contribution in [-0.2, 0) is 4.79 Å². The number of carbonyl (C=O) groups excluding carboxylic acids is 1. The highest BCUT2D eigenvalue weighted by atomic mass is 16.2. The summed E-state index contributed by atoms with van der Waals surface area (Å²) < 4.78 is 0. The third-order valence-electron chi connectivity index (χ3n) is 5.95. The van der Waals surface area contributed by atoms with E-state index in [4.69, 9.17) is 5.84 Å². The zero-order chi connectivity index (χ0) is 14.8. The van der Waals surface area contributed by atoms with Crippen LogP contribution >= 0.6 is 0 Å². The summed E-state index contributed by atoms with van der Waals surface area (Å²) in [7, 11) is 0. The van der Waals surface area contributed by atoms with Gasteiger partial charge in [-0.25, -0.2) is 5.84 Å². The van der Waals surface area contributed by atoms with Crippen molar-refractivity contribution < 1.29 is 4.79 Å². The number of hydrogen-bond acceptors (Lipinski definition) is 2. The summed E-state index contributed by atoms with van der Waals surface area (Å²) >= 11 is 0. The number of hydrazine groups is 1. The van der Waals surface area contributed by atoms with E-state index in [-0.39, 0.29) is 11.8 Å². The van der Waals surface area contributed by atoms with E-state index in [0.29, 0.717) is 5.41 Å². The lowest BCUT2D eigenvalue weighted by atomic mass is 9.65. The summed E-state index contributed by atoms with van der Waals surface area (Å²) in [5.41, 5.74) is 2.79. The van der Waals surface area contributed by atoms with Crippen LogP contribution in [0.3, 0.4) is 0 Å². The Kier molecular flexibility index (Phi) is 5.11. The maximum Gasteiger partial charge on any atom is 0.236 e. The minimum atomic E-state index is 0.0416. The lowest BCUT2D eigenvalue weighted by molar-refractivity contribution is -0.126. The molecule has 0 unspecified atom stereocenters. The Morgan fingerprint density at radius 1 is 0.900 bits per heavy atom. The molecule has 0 aliphatic heterocycles. The number of rotatable bonds is 2. The molecular formula is C17H32N2O. The molecule has 3 N–H and O–H groups in total. The first-order valence-electron chi connectivity index (χ1n) is 8.42. The molecular weight excluding hydrogens is 248 g/mol. The molecule has 116 valence electrons. The predicted molar refractivity (Wildman–Crippen MR) is 82.7 cm³/mol. The van der Waals surface area contributed by atoms with Gasteiger partial charge in [0.05, 0.1) is 0 Å². The van der Waals surface area contributed by atoms with Crippen LogP contribution in [0.5, 0.6) is 0 Å². The summed E-state index contributed by atoms with van der Waals surface area (Å²) in [5.74, 6) is 8.12. The van der Waals surface area contributed by atoms with Crippen LogP contribution in [-0.4, -0.2) is 5.91 Å². The van der Waals surface area contributed by atoms with E-state index in [1.807, 2.05) is 0 Å². The van der Waals surface area contributed by atoms with E-state index in [1.54, 1.807) is 0 Å². The summed E-state index contributed by atoms with van der Waals surface area (Å²) in [6, 6.07) is 0. The van der Waals surface area contributed by atoms with E-state index >= 15 is 0 Å². The molecule has 0 heterocycles. The molecule has 0 atom stereocenters. The maximum atomic E-state index is 11.6. The molecule has 1 amide bonds. The molecule has 3 nitrogen and oxygen atoms in total. The van der Waals surface area contributed by atoms with Gasteiger partial charge in [0, 0.05) is 5.92 Å². The van der Waals surface area contributed by atoms with Crippen LogP contribution < -0.4 is 11.3 Å². The molecule has 0 bridgehead atoms. The molecule has 2 aliphatic carbocycles. The van der Waals surface area contributed by atoms with Crippen molar-refractivity contribution in [2.75, 3.05) is 0 Å². The van der Waals surface area contributed by atoms with Gasteiger partial charge >= 0.3 is 0 Å². The van der Waals surface area contributed by atoms with Gasteiger partial charge in [0.15, 0.2) is 0 Å². The summed E-state index contributed by atoms with van der Waals surface area (Å²) in [5, 5.41) is 0. The second-order valence-corrected chi connectivity index (χ2v) is 8.10. The highest BCUT2D eigenvalue weighted by Gasteiger charge is 2.35. The fourth-order valence-electron chi connectivity index (χ4n) is 4.43. The quantitative estimate of drug-likeness (QED) is 0.461. The first kappa shape index (κ1) is 15.8. The third-order valence-corrected chi connectivity index (χ3v) is 5.95. The Morgan fingerprint density at radius 2 is 1.35 bits per heavy atom. The van der Waals surface area contributed by atoms with Gasteiger partial charge in [-0.2, -0.15) is 0 Å². The van der Waals surface area contributed by atoms with Crippen molar-refractivity contribution in [2.45, 2.75) is 72.1 Å². The Bertz CT molecular complexity index is 318. The smallest absolute Gasteiger partial charge is 0.236 e. The number of amides is 1. The fourth-order valence-corrected chi connectivity index (χ4v) is 4.43. The topological polar surface area (TPSA) is 55.1 Å². The predicted octanol–water partition coefficient (Wildman–Crippen LogP) is 3.64. The largest absolute Gasteiger partial charge is 0.294 e. The summed E-state index contributed by atoms with van der Waals surface area (Å²) in [6.07, 6.45) is 10.1. The van der Waals surface area contributed by atoms with Gasteiger partial charge in [0.2, 0.25) is 5.91 Å². The van der Waals surface area contributed by atoms with Gasteiger partial charge in [0.1, 0.15) is 0 Å². The van der Waals surface area contributed by atoms with Gasteiger partial charge in [-0.1, -0.05) is 20.8 Å². The van der Waals surface area contributed by atoms with E-state index in [1.165, 1.54) is 38.5 Å². The standard InChI is InChI=1S/C17H32N2O/c1-17(2,3)15-10-8-13(9-11-15)12-4-6-14(7-5-12)16(20)19-18/h12-15H,4-11,18H2,1-3H3,(H,19,20). The van der Waals surface area contributed by atoms with E-state index in [0.717, 1.165) is 30.6 Å². The molecule has 0 spiro atoms. The molecule has 2 aliphatic rings. The Hall–Kier alpha value is -0.570. The highest BCUT2D eigenvalue weighted by Crippen LogP contribution is 2.45. The van der Waals surface area contributed by atoms with Gasteiger partial charge in [0.25, 0.3) is 0 Å². The Morgan fingerprint density at radius 3 is 1.75 bits per heavy atom. The van der Waals surface area contributed by atoms with Gasteiger partial charge in [-0.15, -0.1) is 0 Å². The van der Waals surface area contributed by atoms with Crippen LogP contribution in [0.4, 0.5) is 0 Å². The van der Waals surface area contributed by atoms with Crippen LogP contribution in [0, 0.1) is 29.1 Å². The van der Waals surface area contributed by atoms with Crippen molar-refractivity contribution in [1.29, 1.82) is 0 Å². The van der Waals surface area contributed by atoms with E-state index < -0.39 is 0 Å². The van der Waals surface area contributed by atoms with Crippen LogP contribution in [0.15, 0.2) is 0 Å². The molecule has 0 saturated heterocycles. The maximum absolute atomic E-state index is 11.6. The van der Waals surface area contributed by atoms with E-state index in [9.17, 15) is 4.79 Å². The molecule has 2 fully saturated rings. The Balaban J connectivity index is 1.77. The lowest BCUT2D eigenvalue weighted by Crippen LogP contribution is -2.38. The minimum Gasteiger partial charge on any atom is -0.294 e. The molecule has 2 saturated carbocycles. The van der Waals surface area contributed by atoms with Crippen LogP contribution in [0.2, 0.25) is 0 Å². The molecule has 0 aromatic heterocycles. The monoisotopic (exact) mass is 280 g/mol. The van der Waals surface area contributed by atoms with E-state index in [2.05, 4.69) is 26.2 Å². The van der Waals surface area contributed by atoms with Gasteiger partial charge in [-0.3, -0.25) is 10.2 Å². The van der Waals surface area contributed by atoms with Crippen LogP contribution in [0.25, 0.3) is 0 Å². The van der Waals surface area contributed by atoms with Crippen molar-refractivity contribution in [3.63, 3.8) is 0 Å². The number of hydrogen-bond donors (Lipinski definition) is 2. The summed E-state index contributed by atoms with van der Waals surface area (Å²) in [6.45, 7) is 7.15. The first-order valence-corrected chi connectivity index (χ1v) is 8.42. The Labute approximate surface area is 124 Å². The fraction of sp³-hybridized carbons (Fsp3) is 0.941. The molecule has 3 heteroatoms. The zero-order valence-corrected chi connectivity index (χ0v) is 13.5. The number of nitrogens with one attached hydrogen (secondary N) is 1. The highest BCUT2D eigenvalue weighted by molar-refractivity contribution is 5.77. The molecule has 0 aromatic rings. The van der Waals surface area contributed by atoms with Crippen molar-refractivity contribution in [1.82, 2.24) is 5.43 Å². The van der Waals surface area contributed by atoms with Crippen molar-refractivity contribution >= 4 is 5.91 Å². The molecule has 20 heavy (non-hydrogen) atoms. The van der Waals surface area contributed by atoms with Gasteiger partial charge in [-0.05, 0) is 74.5 Å². The molecule has 2 rings (SSSR count). The van der Waals surface area contributed by atoms with Gasteiger partial charge < -0.3 is 0 Å². The average molecular weight is 280 g/mol. The normalized spacial score (nSPS) is 35.6. The van der Waals surface area contributed by atoms with Crippen molar-refractivity contribution in [3.05, 3.63) is 0 Å². The number of carbonyl (C=O) groups is 1. The van der Waals surface area contributed by atoms with Crippen LogP contribution in [0.1, 0.15) is 72.1 Å². The molecule has 0 aromatic carbocycles.